The van der Waals surface area contributed by atoms with Crippen molar-refractivity contribution in [1.29, 1.82) is 0 Å². The van der Waals surface area contributed by atoms with Crippen molar-refractivity contribution in [3.63, 3.8) is 0 Å². The number of nitrogens with one attached hydrogen (secondary N) is 1. The highest BCUT2D eigenvalue weighted by Crippen LogP contribution is 2.24. The number of aryl methyl sites for hydroxylation is 1. The van der Waals surface area contributed by atoms with Crippen LogP contribution in [0.2, 0.25) is 0 Å². The standard InChI is InChI=1S/C18H19IN2O2S/c1-12-11-14(19)4-5-15(12)20-17(22)13-6-8-21(9-7-13)18(23)16-3-2-10-24-16/h2-5,10-11,13H,6-9H2,1H3,(H,20,22). The molecule has 126 valence electrons. The first-order chi connectivity index (χ1) is 11.5. The van der Waals surface area contributed by atoms with Crippen molar-refractivity contribution in [2.75, 3.05) is 18.4 Å². The molecule has 0 radical (unpaired) electrons. The van der Waals surface area contributed by atoms with Gasteiger partial charge >= 0.3 is 0 Å². The number of rotatable bonds is 3. The Hall–Kier alpha value is -1.41. The van der Waals surface area contributed by atoms with Crippen molar-refractivity contribution in [1.82, 2.24) is 4.90 Å². The lowest BCUT2D eigenvalue weighted by Gasteiger charge is -2.31. The minimum absolute atomic E-state index is 0.0314. The smallest absolute Gasteiger partial charge is 0.263 e. The zero-order valence-corrected chi connectivity index (χ0v) is 16.4. The Morgan fingerprint density at radius 1 is 1.25 bits per heavy atom. The number of carbonyl (C=O) groups is 2. The van der Waals surface area contributed by atoms with Crippen LogP contribution in [0.1, 0.15) is 28.1 Å². The second-order valence-corrected chi connectivity index (χ2v) is 8.19. The van der Waals surface area contributed by atoms with Gasteiger partial charge in [-0.2, -0.15) is 0 Å². The van der Waals surface area contributed by atoms with Crippen molar-refractivity contribution in [3.8, 4) is 0 Å². The quantitative estimate of drug-likeness (QED) is 0.709. The predicted molar refractivity (Wildman–Crippen MR) is 105 cm³/mol. The van der Waals surface area contributed by atoms with Gasteiger partial charge in [-0.3, -0.25) is 9.59 Å². The highest BCUT2D eigenvalue weighted by Gasteiger charge is 2.28. The molecule has 1 aliphatic heterocycles. The van der Waals surface area contributed by atoms with E-state index in [0.717, 1.165) is 19.7 Å². The first-order valence-electron chi connectivity index (χ1n) is 7.94. The van der Waals surface area contributed by atoms with Crippen LogP contribution in [0.25, 0.3) is 0 Å². The molecule has 1 aromatic heterocycles. The van der Waals surface area contributed by atoms with Gasteiger partial charge in [-0.15, -0.1) is 11.3 Å². The maximum atomic E-state index is 12.5. The van der Waals surface area contributed by atoms with Crippen LogP contribution in [0.5, 0.6) is 0 Å². The van der Waals surface area contributed by atoms with Crippen LogP contribution in [-0.4, -0.2) is 29.8 Å². The Morgan fingerprint density at radius 2 is 2.00 bits per heavy atom. The Kier molecular flexibility index (Phi) is 5.55. The van der Waals surface area contributed by atoms with E-state index in [-0.39, 0.29) is 17.7 Å². The van der Waals surface area contributed by atoms with Crippen LogP contribution in [0, 0.1) is 16.4 Å². The number of halogens is 1. The molecule has 1 aliphatic rings. The van der Waals surface area contributed by atoms with Crippen LogP contribution in [0.3, 0.4) is 0 Å². The fraction of sp³-hybridized carbons (Fsp3) is 0.333. The molecule has 1 N–H and O–H groups in total. The molecule has 0 aliphatic carbocycles. The molecular weight excluding hydrogens is 435 g/mol. The van der Waals surface area contributed by atoms with E-state index in [4.69, 9.17) is 0 Å². The number of nitrogens with zero attached hydrogens (tertiary/aromatic N) is 1. The van der Waals surface area contributed by atoms with Crippen molar-refractivity contribution in [2.45, 2.75) is 19.8 Å². The van der Waals surface area contributed by atoms with E-state index in [0.29, 0.717) is 25.9 Å². The third kappa shape index (κ3) is 3.97. The highest BCUT2D eigenvalue weighted by molar-refractivity contribution is 14.1. The lowest BCUT2D eigenvalue weighted by molar-refractivity contribution is -0.121. The van der Waals surface area contributed by atoms with Crippen molar-refractivity contribution >= 4 is 51.4 Å². The summed E-state index contributed by atoms with van der Waals surface area (Å²) >= 11 is 3.73. The average Bonchev–Trinajstić information content (AvgIpc) is 3.11. The summed E-state index contributed by atoms with van der Waals surface area (Å²) in [5, 5.41) is 4.95. The second-order valence-electron chi connectivity index (χ2n) is 5.99. The molecular formula is C18H19IN2O2S. The van der Waals surface area contributed by atoms with E-state index < -0.39 is 0 Å². The third-order valence-corrected chi connectivity index (χ3v) is 5.86. The number of amides is 2. The van der Waals surface area contributed by atoms with E-state index >= 15 is 0 Å². The van der Waals surface area contributed by atoms with Crippen LogP contribution >= 0.6 is 33.9 Å². The molecule has 6 heteroatoms. The van der Waals surface area contributed by atoms with Gasteiger partial charge in [0.25, 0.3) is 5.91 Å². The monoisotopic (exact) mass is 454 g/mol. The summed E-state index contributed by atoms with van der Waals surface area (Å²) in [6.45, 7) is 3.28. The molecule has 0 saturated carbocycles. The molecule has 1 fully saturated rings. The number of hydrogen-bond acceptors (Lipinski definition) is 3. The average molecular weight is 454 g/mol. The summed E-state index contributed by atoms with van der Waals surface area (Å²) in [5.41, 5.74) is 1.94. The number of likely N-dealkylation sites (tertiary alicyclic amines) is 1. The molecule has 1 saturated heterocycles. The number of benzene rings is 1. The van der Waals surface area contributed by atoms with E-state index in [1.165, 1.54) is 11.3 Å². The number of thiophene rings is 1. The van der Waals surface area contributed by atoms with Crippen LogP contribution < -0.4 is 5.32 Å². The molecule has 1 aromatic carbocycles. The summed E-state index contributed by atoms with van der Waals surface area (Å²) < 4.78 is 1.16. The zero-order chi connectivity index (χ0) is 17.1. The fourth-order valence-electron chi connectivity index (χ4n) is 2.90. The van der Waals surface area contributed by atoms with Gasteiger partial charge in [-0.05, 0) is 77.6 Å². The number of piperidine rings is 1. The van der Waals surface area contributed by atoms with Crippen LogP contribution in [0.4, 0.5) is 5.69 Å². The van der Waals surface area contributed by atoms with Gasteiger partial charge in [-0.25, -0.2) is 0 Å². The molecule has 0 atom stereocenters. The zero-order valence-electron chi connectivity index (χ0n) is 13.4. The SMILES string of the molecule is Cc1cc(I)ccc1NC(=O)C1CCN(C(=O)c2cccs2)CC1. The first kappa shape index (κ1) is 17.4. The normalized spacial score (nSPS) is 15.3. The topological polar surface area (TPSA) is 49.4 Å². The van der Waals surface area contributed by atoms with E-state index in [2.05, 4.69) is 34.0 Å². The van der Waals surface area contributed by atoms with Crippen LogP contribution in [0.15, 0.2) is 35.7 Å². The maximum absolute atomic E-state index is 12.5. The molecule has 0 unspecified atom stereocenters. The molecule has 2 amide bonds. The Bertz CT molecular complexity index is 737. The Balaban J connectivity index is 1.56. The summed E-state index contributed by atoms with van der Waals surface area (Å²) in [4.78, 5) is 27.5. The van der Waals surface area contributed by atoms with Gasteiger partial charge in [-0.1, -0.05) is 6.07 Å². The molecule has 0 bridgehead atoms. The van der Waals surface area contributed by atoms with Crippen LogP contribution in [-0.2, 0) is 4.79 Å². The lowest BCUT2D eigenvalue weighted by atomic mass is 9.95. The molecule has 0 spiro atoms. The summed E-state index contributed by atoms with van der Waals surface area (Å²) in [5.74, 6) is 0.107. The van der Waals surface area contributed by atoms with Gasteiger partial charge < -0.3 is 10.2 Å². The third-order valence-electron chi connectivity index (χ3n) is 4.33. The van der Waals surface area contributed by atoms with Gasteiger partial charge in [0, 0.05) is 28.3 Å². The molecule has 2 heterocycles. The van der Waals surface area contributed by atoms with Gasteiger partial charge in [0.2, 0.25) is 5.91 Å². The molecule has 4 nitrogen and oxygen atoms in total. The summed E-state index contributed by atoms with van der Waals surface area (Å²) in [7, 11) is 0. The lowest BCUT2D eigenvalue weighted by Crippen LogP contribution is -2.41. The van der Waals surface area contributed by atoms with Crippen molar-refractivity contribution in [2.24, 2.45) is 5.92 Å². The minimum atomic E-state index is -0.0314. The number of hydrogen-bond donors (Lipinski definition) is 1. The van der Waals surface area contributed by atoms with Gasteiger partial charge in [0.1, 0.15) is 0 Å². The fourth-order valence-corrected chi connectivity index (χ4v) is 4.24. The number of anilines is 1. The second kappa shape index (κ2) is 7.65. The minimum Gasteiger partial charge on any atom is -0.338 e. The molecule has 24 heavy (non-hydrogen) atoms. The summed E-state index contributed by atoms with van der Waals surface area (Å²) in [6, 6.07) is 9.74. The first-order valence-corrected chi connectivity index (χ1v) is 9.90. The van der Waals surface area contributed by atoms with E-state index in [1.54, 1.807) is 0 Å². The van der Waals surface area contributed by atoms with Gasteiger partial charge in [0.05, 0.1) is 4.88 Å². The molecule has 2 aromatic rings. The van der Waals surface area contributed by atoms with E-state index in [1.807, 2.05) is 41.5 Å². The largest absolute Gasteiger partial charge is 0.338 e. The number of carbonyl (C=O) groups excluding carboxylic acids is 2. The van der Waals surface area contributed by atoms with Gasteiger partial charge in [0.15, 0.2) is 0 Å². The summed E-state index contributed by atoms with van der Waals surface area (Å²) in [6.07, 6.45) is 1.43. The van der Waals surface area contributed by atoms with Crippen molar-refractivity contribution in [3.05, 3.63) is 49.7 Å². The Labute approximate surface area is 159 Å². The molecule has 3 rings (SSSR count). The van der Waals surface area contributed by atoms with Crippen molar-refractivity contribution < 1.29 is 9.59 Å². The predicted octanol–water partition coefficient (Wildman–Crippen LogP) is 4.15. The maximum Gasteiger partial charge on any atom is 0.263 e. The van der Waals surface area contributed by atoms with E-state index in [9.17, 15) is 9.59 Å². The Morgan fingerprint density at radius 3 is 2.62 bits per heavy atom. The highest BCUT2D eigenvalue weighted by atomic mass is 127.